The molecular formula is C11H22N4. The molecule has 0 unspecified atom stereocenters. The molecule has 0 bridgehead atoms. The van der Waals surface area contributed by atoms with Crippen LogP contribution in [0.4, 0.5) is 5.69 Å². The molecular weight excluding hydrogens is 188 g/mol. The zero-order chi connectivity index (χ0) is 11.1. The normalized spacial score (nSPS) is 11.1. The highest BCUT2D eigenvalue weighted by Crippen LogP contribution is 1.99. The van der Waals surface area contributed by atoms with E-state index >= 15 is 0 Å². The smallest absolute Gasteiger partial charge is 0.0719 e. The van der Waals surface area contributed by atoms with E-state index in [-0.39, 0.29) is 0 Å². The van der Waals surface area contributed by atoms with Crippen LogP contribution in [0, 0.1) is 0 Å². The third-order valence-corrected chi connectivity index (χ3v) is 2.57. The molecule has 0 amide bonds. The lowest BCUT2D eigenvalue weighted by Gasteiger charge is -2.19. The van der Waals surface area contributed by atoms with Gasteiger partial charge in [-0.25, -0.2) is 0 Å². The summed E-state index contributed by atoms with van der Waals surface area (Å²) in [4.78, 5) is 2.45. The minimum Gasteiger partial charge on any atom is -0.396 e. The summed E-state index contributed by atoms with van der Waals surface area (Å²) in [7, 11) is 0. The first kappa shape index (κ1) is 12.0. The molecule has 1 rings (SSSR count). The fourth-order valence-electron chi connectivity index (χ4n) is 1.56. The van der Waals surface area contributed by atoms with Crippen LogP contribution in [-0.4, -0.2) is 34.3 Å². The average molecular weight is 210 g/mol. The lowest BCUT2D eigenvalue weighted by atomic mass is 10.3. The number of unbranched alkanes of at least 4 members (excludes halogenated alkanes) is 1. The molecule has 0 radical (unpaired) electrons. The summed E-state index contributed by atoms with van der Waals surface area (Å²) >= 11 is 0. The molecule has 1 heterocycles. The quantitative estimate of drug-likeness (QED) is 0.743. The van der Waals surface area contributed by atoms with Gasteiger partial charge in [0, 0.05) is 12.7 Å². The second-order valence-corrected chi connectivity index (χ2v) is 3.82. The number of hydrogen-bond donors (Lipinski definition) is 1. The fourth-order valence-corrected chi connectivity index (χ4v) is 1.56. The number of nitrogens with zero attached hydrogens (tertiary/aromatic N) is 3. The van der Waals surface area contributed by atoms with Gasteiger partial charge in [-0.2, -0.15) is 5.10 Å². The van der Waals surface area contributed by atoms with Gasteiger partial charge >= 0.3 is 0 Å². The van der Waals surface area contributed by atoms with Crippen LogP contribution >= 0.6 is 0 Å². The van der Waals surface area contributed by atoms with Crippen LogP contribution in [0.1, 0.15) is 26.7 Å². The van der Waals surface area contributed by atoms with E-state index in [0.29, 0.717) is 0 Å². The molecule has 15 heavy (non-hydrogen) atoms. The Kier molecular flexibility index (Phi) is 5.18. The summed E-state index contributed by atoms with van der Waals surface area (Å²) in [5, 5.41) is 4.17. The predicted molar refractivity (Wildman–Crippen MR) is 63.7 cm³/mol. The Labute approximate surface area is 92.1 Å². The van der Waals surface area contributed by atoms with E-state index in [1.807, 2.05) is 10.9 Å². The number of hydrogen-bond acceptors (Lipinski definition) is 3. The lowest BCUT2D eigenvalue weighted by Crippen LogP contribution is -2.28. The molecule has 0 aromatic carbocycles. The van der Waals surface area contributed by atoms with Gasteiger partial charge in [0.05, 0.1) is 18.4 Å². The Morgan fingerprint density at radius 1 is 1.40 bits per heavy atom. The summed E-state index contributed by atoms with van der Waals surface area (Å²) in [6, 6.07) is 0. The van der Waals surface area contributed by atoms with Crippen molar-refractivity contribution in [3.63, 3.8) is 0 Å². The maximum atomic E-state index is 5.60. The van der Waals surface area contributed by atoms with Crippen molar-refractivity contribution in [3.8, 4) is 0 Å². The van der Waals surface area contributed by atoms with Crippen LogP contribution < -0.4 is 5.73 Å². The third-order valence-electron chi connectivity index (χ3n) is 2.57. The van der Waals surface area contributed by atoms with Crippen LogP contribution in [0.15, 0.2) is 12.4 Å². The van der Waals surface area contributed by atoms with Crippen molar-refractivity contribution in [2.24, 2.45) is 0 Å². The minimum absolute atomic E-state index is 0.742. The number of nitrogens with two attached hydrogens (primary N) is 1. The zero-order valence-corrected chi connectivity index (χ0v) is 9.82. The number of nitrogen functional groups attached to an aromatic ring is 1. The topological polar surface area (TPSA) is 47.1 Å². The summed E-state index contributed by atoms with van der Waals surface area (Å²) in [5.74, 6) is 0. The summed E-state index contributed by atoms with van der Waals surface area (Å²) < 4.78 is 1.91. The Morgan fingerprint density at radius 3 is 2.73 bits per heavy atom. The van der Waals surface area contributed by atoms with Crippen molar-refractivity contribution >= 4 is 5.69 Å². The molecule has 1 aromatic heterocycles. The molecule has 0 aliphatic carbocycles. The molecule has 0 saturated heterocycles. The zero-order valence-electron chi connectivity index (χ0n) is 9.82. The van der Waals surface area contributed by atoms with Gasteiger partial charge < -0.3 is 10.6 Å². The predicted octanol–water partition coefficient (Wildman–Crippen LogP) is 1.59. The standard InChI is InChI=1S/C11H22N4/c1-3-5-6-14(4-2)7-8-15-10-11(12)9-13-15/h9-10H,3-8,12H2,1-2H3. The van der Waals surface area contributed by atoms with Gasteiger partial charge in [0.1, 0.15) is 0 Å². The van der Waals surface area contributed by atoms with Crippen molar-refractivity contribution in [2.45, 2.75) is 33.2 Å². The summed E-state index contributed by atoms with van der Waals surface area (Å²) in [6.07, 6.45) is 6.11. The first-order chi connectivity index (χ1) is 7.26. The number of likely N-dealkylation sites (N-methyl/N-ethyl adjacent to an activating group) is 1. The van der Waals surface area contributed by atoms with Gasteiger partial charge in [-0.05, 0) is 19.5 Å². The molecule has 0 spiro atoms. The van der Waals surface area contributed by atoms with E-state index in [4.69, 9.17) is 5.73 Å². The van der Waals surface area contributed by atoms with Crippen LogP contribution in [0.25, 0.3) is 0 Å². The van der Waals surface area contributed by atoms with E-state index < -0.39 is 0 Å². The molecule has 0 atom stereocenters. The van der Waals surface area contributed by atoms with Crippen LogP contribution in [-0.2, 0) is 6.54 Å². The van der Waals surface area contributed by atoms with Gasteiger partial charge in [-0.3, -0.25) is 4.68 Å². The summed E-state index contributed by atoms with van der Waals surface area (Å²) in [6.45, 7) is 8.70. The molecule has 86 valence electrons. The van der Waals surface area contributed by atoms with Gasteiger partial charge in [0.25, 0.3) is 0 Å². The van der Waals surface area contributed by atoms with Gasteiger partial charge in [0.15, 0.2) is 0 Å². The number of anilines is 1. The van der Waals surface area contributed by atoms with Crippen molar-refractivity contribution in [3.05, 3.63) is 12.4 Å². The fraction of sp³-hybridized carbons (Fsp3) is 0.727. The average Bonchev–Trinajstić information content (AvgIpc) is 2.65. The first-order valence-corrected chi connectivity index (χ1v) is 5.76. The largest absolute Gasteiger partial charge is 0.396 e. The Morgan fingerprint density at radius 2 is 2.20 bits per heavy atom. The second kappa shape index (κ2) is 6.45. The van der Waals surface area contributed by atoms with E-state index in [2.05, 4.69) is 23.8 Å². The third kappa shape index (κ3) is 4.34. The summed E-state index contributed by atoms with van der Waals surface area (Å²) in [5.41, 5.74) is 6.34. The van der Waals surface area contributed by atoms with E-state index in [9.17, 15) is 0 Å². The Hall–Kier alpha value is -1.03. The van der Waals surface area contributed by atoms with Crippen molar-refractivity contribution in [1.29, 1.82) is 0 Å². The number of rotatable bonds is 7. The highest BCUT2D eigenvalue weighted by molar-refractivity contribution is 5.30. The van der Waals surface area contributed by atoms with Crippen LogP contribution in [0.5, 0.6) is 0 Å². The van der Waals surface area contributed by atoms with Crippen LogP contribution in [0.3, 0.4) is 0 Å². The molecule has 0 aliphatic rings. The van der Waals surface area contributed by atoms with E-state index in [1.54, 1.807) is 6.20 Å². The molecule has 4 nitrogen and oxygen atoms in total. The Bertz CT molecular complexity index is 269. The van der Waals surface area contributed by atoms with E-state index in [1.165, 1.54) is 19.4 Å². The SMILES string of the molecule is CCCCN(CC)CCn1cc(N)cn1. The highest BCUT2D eigenvalue weighted by atomic mass is 15.3. The molecule has 0 aliphatic heterocycles. The second-order valence-electron chi connectivity index (χ2n) is 3.82. The van der Waals surface area contributed by atoms with E-state index in [0.717, 1.165) is 25.3 Å². The molecule has 0 fully saturated rings. The Balaban J connectivity index is 2.27. The minimum atomic E-state index is 0.742. The maximum Gasteiger partial charge on any atom is 0.0719 e. The van der Waals surface area contributed by atoms with Crippen molar-refractivity contribution in [2.75, 3.05) is 25.4 Å². The van der Waals surface area contributed by atoms with Gasteiger partial charge in [-0.15, -0.1) is 0 Å². The van der Waals surface area contributed by atoms with Gasteiger partial charge in [-0.1, -0.05) is 20.3 Å². The van der Waals surface area contributed by atoms with Gasteiger partial charge in [0.2, 0.25) is 0 Å². The molecule has 1 aromatic rings. The molecule has 4 heteroatoms. The highest BCUT2D eigenvalue weighted by Gasteiger charge is 2.02. The molecule has 2 N–H and O–H groups in total. The van der Waals surface area contributed by atoms with Crippen molar-refractivity contribution in [1.82, 2.24) is 14.7 Å². The van der Waals surface area contributed by atoms with Crippen molar-refractivity contribution < 1.29 is 0 Å². The van der Waals surface area contributed by atoms with Crippen LogP contribution in [0.2, 0.25) is 0 Å². The molecule has 0 saturated carbocycles. The first-order valence-electron chi connectivity index (χ1n) is 5.76. The number of aromatic nitrogens is 2. The maximum absolute atomic E-state index is 5.60. The monoisotopic (exact) mass is 210 g/mol. The lowest BCUT2D eigenvalue weighted by molar-refractivity contribution is 0.267.